The zero-order valence-corrected chi connectivity index (χ0v) is 13.3. The molecule has 0 saturated carbocycles. The summed E-state index contributed by atoms with van der Waals surface area (Å²) in [7, 11) is 0. The SMILES string of the molecule is O=C(Cn1c2c(ccc1=O)CCCC2)NCCc1ccccc1. The predicted octanol–water partition coefficient (Wildman–Crippen LogP) is 2.09. The summed E-state index contributed by atoms with van der Waals surface area (Å²) in [5, 5.41) is 2.91. The maximum Gasteiger partial charge on any atom is 0.251 e. The topological polar surface area (TPSA) is 51.1 Å². The Balaban J connectivity index is 1.61. The Bertz CT molecular complexity index is 735. The number of fused-ring (bicyclic) bond motifs is 1. The molecule has 1 aliphatic rings. The first kappa shape index (κ1) is 15.5. The third-order valence-corrected chi connectivity index (χ3v) is 4.38. The van der Waals surface area contributed by atoms with E-state index in [4.69, 9.17) is 0 Å². The van der Waals surface area contributed by atoms with Crippen LogP contribution < -0.4 is 10.9 Å². The lowest BCUT2D eigenvalue weighted by Crippen LogP contribution is -2.35. The second kappa shape index (κ2) is 7.27. The highest BCUT2D eigenvalue weighted by Crippen LogP contribution is 2.19. The highest BCUT2D eigenvalue weighted by atomic mass is 16.2. The van der Waals surface area contributed by atoms with Gasteiger partial charge in [0, 0.05) is 18.3 Å². The molecule has 0 spiro atoms. The Morgan fingerprint density at radius 1 is 1.04 bits per heavy atom. The molecule has 23 heavy (non-hydrogen) atoms. The molecular weight excluding hydrogens is 288 g/mol. The van der Waals surface area contributed by atoms with Gasteiger partial charge in [-0.2, -0.15) is 0 Å². The highest BCUT2D eigenvalue weighted by Gasteiger charge is 2.15. The molecule has 0 saturated heterocycles. The monoisotopic (exact) mass is 310 g/mol. The van der Waals surface area contributed by atoms with Gasteiger partial charge in [0.25, 0.3) is 5.56 Å². The molecule has 0 bridgehead atoms. The molecule has 0 radical (unpaired) electrons. The van der Waals surface area contributed by atoms with Crippen molar-refractivity contribution in [2.24, 2.45) is 0 Å². The summed E-state index contributed by atoms with van der Waals surface area (Å²) in [6.45, 7) is 0.712. The first-order valence-corrected chi connectivity index (χ1v) is 8.26. The molecule has 0 fully saturated rings. The van der Waals surface area contributed by atoms with Crippen molar-refractivity contribution in [2.45, 2.75) is 38.6 Å². The van der Waals surface area contributed by atoms with Crippen LogP contribution in [0.1, 0.15) is 29.7 Å². The van der Waals surface area contributed by atoms with Crippen molar-refractivity contribution in [3.05, 3.63) is 69.6 Å². The Kier molecular flexibility index (Phi) is 4.91. The van der Waals surface area contributed by atoms with Crippen LogP contribution in [0.3, 0.4) is 0 Å². The fourth-order valence-electron chi connectivity index (χ4n) is 3.16. The van der Waals surface area contributed by atoms with Gasteiger partial charge in [-0.15, -0.1) is 0 Å². The van der Waals surface area contributed by atoms with E-state index in [2.05, 4.69) is 5.32 Å². The molecule has 2 aromatic rings. The Morgan fingerprint density at radius 3 is 2.65 bits per heavy atom. The summed E-state index contributed by atoms with van der Waals surface area (Å²) in [6.07, 6.45) is 4.95. The van der Waals surface area contributed by atoms with Gasteiger partial charge in [-0.05, 0) is 43.2 Å². The summed E-state index contributed by atoms with van der Waals surface area (Å²) in [4.78, 5) is 24.3. The van der Waals surface area contributed by atoms with Crippen molar-refractivity contribution in [1.82, 2.24) is 9.88 Å². The number of nitrogens with zero attached hydrogens (tertiary/aromatic N) is 1. The smallest absolute Gasteiger partial charge is 0.251 e. The summed E-state index contributed by atoms with van der Waals surface area (Å²) in [6, 6.07) is 13.6. The van der Waals surface area contributed by atoms with E-state index in [1.54, 1.807) is 10.6 Å². The first-order chi connectivity index (χ1) is 11.2. The van der Waals surface area contributed by atoms with Crippen LogP contribution in [0.2, 0.25) is 0 Å². The number of aromatic nitrogens is 1. The molecular formula is C19H22N2O2. The van der Waals surface area contributed by atoms with Crippen molar-refractivity contribution < 1.29 is 4.79 Å². The van der Waals surface area contributed by atoms with E-state index in [1.165, 1.54) is 11.1 Å². The summed E-state index contributed by atoms with van der Waals surface area (Å²) in [5.41, 5.74) is 3.38. The average molecular weight is 310 g/mol. The number of carbonyl (C=O) groups is 1. The maximum absolute atomic E-state index is 12.2. The van der Waals surface area contributed by atoms with E-state index in [0.717, 1.165) is 37.8 Å². The van der Waals surface area contributed by atoms with Crippen molar-refractivity contribution in [3.8, 4) is 0 Å². The molecule has 1 aliphatic carbocycles. The second-order valence-corrected chi connectivity index (χ2v) is 6.02. The minimum absolute atomic E-state index is 0.0798. The van der Waals surface area contributed by atoms with Gasteiger partial charge in [-0.1, -0.05) is 36.4 Å². The number of nitrogens with one attached hydrogen (secondary N) is 1. The van der Waals surface area contributed by atoms with E-state index in [9.17, 15) is 9.59 Å². The molecule has 0 unspecified atom stereocenters. The Labute approximate surface area is 136 Å². The van der Waals surface area contributed by atoms with Crippen molar-refractivity contribution in [1.29, 1.82) is 0 Å². The van der Waals surface area contributed by atoms with Gasteiger partial charge in [0.15, 0.2) is 0 Å². The maximum atomic E-state index is 12.2. The van der Waals surface area contributed by atoms with Gasteiger partial charge in [-0.3, -0.25) is 9.59 Å². The molecule has 0 atom stereocenters. The van der Waals surface area contributed by atoms with Crippen LogP contribution in [-0.4, -0.2) is 17.0 Å². The van der Waals surface area contributed by atoms with E-state index in [0.29, 0.717) is 6.54 Å². The van der Waals surface area contributed by atoms with Crippen LogP contribution in [0.4, 0.5) is 0 Å². The Hall–Kier alpha value is -2.36. The standard InChI is InChI=1S/C19H22N2O2/c22-18(20-13-12-15-6-2-1-3-7-15)14-21-17-9-5-4-8-16(17)10-11-19(21)23/h1-3,6-7,10-11H,4-5,8-9,12-14H2,(H,20,22). The van der Waals surface area contributed by atoms with E-state index in [-0.39, 0.29) is 18.0 Å². The fraction of sp³-hybridized carbons (Fsp3) is 0.368. The molecule has 4 heteroatoms. The lowest BCUT2D eigenvalue weighted by atomic mass is 9.96. The number of hydrogen-bond acceptors (Lipinski definition) is 2. The predicted molar refractivity (Wildman–Crippen MR) is 90.5 cm³/mol. The molecule has 3 rings (SSSR count). The summed E-state index contributed by atoms with van der Waals surface area (Å²) < 4.78 is 1.65. The van der Waals surface area contributed by atoms with Crippen LogP contribution in [0.5, 0.6) is 0 Å². The molecule has 1 heterocycles. The average Bonchev–Trinajstić information content (AvgIpc) is 2.58. The molecule has 1 aromatic carbocycles. The van der Waals surface area contributed by atoms with Crippen LogP contribution in [0.25, 0.3) is 0 Å². The number of benzene rings is 1. The molecule has 1 amide bonds. The number of hydrogen-bond donors (Lipinski definition) is 1. The van der Waals surface area contributed by atoms with Gasteiger partial charge < -0.3 is 9.88 Å². The van der Waals surface area contributed by atoms with Crippen LogP contribution in [-0.2, 0) is 30.6 Å². The van der Waals surface area contributed by atoms with Crippen molar-refractivity contribution >= 4 is 5.91 Å². The lowest BCUT2D eigenvalue weighted by Gasteiger charge is -2.20. The quantitative estimate of drug-likeness (QED) is 0.919. The van der Waals surface area contributed by atoms with Gasteiger partial charge >= 0.3 is 0 Å². The van der Waals surface area contributed by atoms with Crippen LogP contribution >= 0.6 is 0 Å². The number of amides is 1. The largest absolute Gasteiger partial charge is 0.354 e. The lowest BCUT2D eigenvalue weighted by molar-refractivity contribution is -0.121. The fourth-order valence-corrected chi connectivity index (χ4v) is 3.16. The number of aryl methyl sites for hydroxylation is 1. The molecule has 0 aliphatic heterocycles. The van der Waals surface area contributed by atoms with Gasteiger partial charge in [0.2, 0.25) is 5.91 Å². The van der Waals surface area contributed by atoms with Gasteiger partial charge in [0.05, 0.1) is 0 Å². The third-order valence-electron chi connectivity index (χ3n) is 4.38. The second-order valence-electron chi connectivity index (χ2n) is 6.02. The number of pyridine rings is 1. The minimum atomic E-state index is -0.0954. The molecule has 1 N–H and O–H groups in total. The normalized spacial score (nSPS) is 13.4. The summed E-state index contributed by atoms with van der Waals surface area (Å²) >= 11 is 0. The van der Waals surface area contributed by atoms with E-state index in [1.807, 2.05) is 36.4 Å². The number of rotatable bonds is 5. The van der Waals surface area contributed by atoms with E-state index < -0.39 is 0 Å². The molecule has 4 nitrogen and oxygen atoms in total. The molecule has 1 aromatic heterocycles. The zero-order valence-electron chi connectivity index (χ0n) is 13.3. The minimum Gasteiger partial charge on any atom is -0.354 e. The highest BCUT2D eigenvalue weighted by molar-refractivity contribution is 5.75. The van der Waals surface area contributed by atoms with Crippen LogP contribution in [0, 0.1) is 0 Å². The van der Waals surface area contributed by atoms with Crippen molar-refractivity contribution in [3.63, 3.8) is 0 Å². The zero-order chi connectivity index (χ0) is 16.1. The number of carbonyl (C=O) groups excluding carboxylic acids is 1. The van der Waals surface area contributed by atoms with E-state index >= 15 is 0 Å². The Morgan fingerprint density at radius 2 is 1.83 bits per heavy atom. The van der Waals surface area contributed by atoms with Gasteiger partial charge in [0.1, 0.15) is 6.54 Å². The first-order valence-electron chi connectivity index (χ1n) is 8.26. The van der Waals surface area contributed by atoms with Gasteiger partial charge in [-0.25, -0.2) is 0 Å². The third kappa shape index (κ3) is 3.89. The summed E-state index contributed by atoms with van der Waals surface area (Å²) in [5.74, 6) is -0.0954. The molecule has 120 valence electrons. The van der Waals surface area contributed by atoms with Crippen LogP contribution in [0.15, 0.2) is 47.3 Å². The van der Waals surface area contributed by atoms with Crippen molar-refractivity contribution in [2.75, 3.05) is 6.54 Å².